The van der Waals surface area contributed by atoms with Gasteiger partial charge in [0.1, 0.15) is 0 Å². The van der Waals surface area contributed by atoms with E-state index in [0.29, 0.717) is 11.9 Å². The van der Waals surface area contributed by atoms with Gasteiger partial charge in [0.25, 0.3) is 0 Å². The van der Waals surface area contributed by atoms with Crippen molar-refractivity contribution in [2.75, 3.05) is 5.88 Å². The zero-order valence-electron chi connectivity index (χ0n) is 4.58. The van der Waals surface area contributed by atoms with E-state index in [-0.39, 0.29) is 0 Å². The molecule has 0 rings (SSSR count). The van der Waals surface area contributed by atoms with Gasteiger partial charge in [0, 0.05) is 11.9 Å². The van der Waals surface area contributed by atoms with Crippen molar-refractivity contribution < 1.29 is 0 Å². The molecule has 0 aromatic rings. The maximum atomic E-state index is 5.54. The Hall–Kier alpha value is 1.12. The highest BCUT2D eigenvalue weighted by molar-refractivity contribution is 7.64. The van der Waals surface area contributed by atoms with Crippen LogP contribution in [0.2, 0.25) is 6.04 Å². The highest BCUT2D eigenvalue weighted by Gasteiger charge is 2.21. The van der Waals surface area contributed by atoms with Crippen molar-refractivity contribution in [3.63, 3.8) is 0 Å². The van der Waals surface area contributed by atoms with Crippen LogP contribution < -0.4 is 0 Å². The average Bonchev–Trinajstić information content (AvgIpc) is 1.63. The van der Waals surface area contributed by atoms with Crippen molar-refractivity contribution in [2.45, 2.75) is 6.04 Å². The summed E-state index contributed by atoms with van der Waals surface area (Å²) >= 11 is 22.0. The Kier molecular flexibility index (Phi) is 5.46. The largest absolute Gasteiger partial charge is 0.344 e. The Morgan fingerprint density at radius 2 is 1.67 bits per heavy atom. The third-order valence-corrected chi connectivity index (χ3v) is 2.87. The van der Waals surface area contributed by atoms with E-state index in [1.54, 1.807) is 12.2 Å². The molecule has 0 aromatic heterocycles. The third kappa shape index (κ3) is 9.12. The first-order valence-electron chi connectivity index (χ1n) is 2.34. The normalized spacial score (nSPS) is 12.9. The number of hydrogen-bond donors (Lipinski definition) is 0. The maximum Gasteiger partial charge on any atom is 0.344 e. The number of alkyl halides is 1. The van der Waals surface area contributed by atoms with Gasteiger partial charge in [-0.25, -0.2) is 0 Å². The second-order valence-corrected chi connectivity index (χ2v) is 10.9. The van der Waals surface area contributed by atoms with Gasteiger partial charge in [0.2, 0.25) is 0 Å². The Morgan fingerprint density at radius 3 is 2.00 bits per heavy atom. The number of hydrogen-bond acceptors (Lipinski definition) is 0. The molecule has 0 amide bonds. The van der Waals surface area contributed by atoms with E-state index in [2.05, 4.69) is 0 Å². The number of allylic oxidation sites excluding steroid dienone is 2. The molecule has 0 saturated heterocycles. The van der Waals surface area contributed by atoms with Gasteiger partial charge in [-0.2, -0.15) is 0 Å². The molecule has 0 spiro atoms. The Morgan fingerprint density at radius 1 is 1.11 bits per heavy atom. The minimum atomic E-state index is -2.42. The molecule has 5 heteroatoms. The van der Waals surface area contributed by atoms with E-state index >= 15 is 0 Å². The van der Waals surface area contributed by atoms with Crippen molar-refractivity contribution >= 4 is 50.8 Å². The third-order valence-electron chi connectivity index (χ3n) is 0.605. The highest BCUT2D eigenvalue weighted by atomic mass is 35.8. The monoisotopic (exact) mass is 222 g/mol. The summed E-state index contributed by atoms with van der Waals surface area (Å²) in [4.78, 5) is 0. The van der Waals surface area contributed by atoms with Crippen LogP contribution in [-0.4, -0.2) is 11.9 Å². The average molecular weight is 224 g/mol. The van der Waals surface area contributed by atoms with Gasteiger partial charge in [-0.15, -0.1) is 44.8 Å². The fraction of sp³-hybridized carbons (Fsp3) is 0.500. The minimum Gasteiger partial charge on any atom is -0.126 e. The predicted molar refractivity (Wildman–Crippen MR) is 48.0 cm³/mol. The van der Waals surface area contributed by atoms with Gasteiger partial charge in [-0.3, -0.25) is 0 Å². The molecule has 0 aromatic carbocycles. The quantitative estimate of drug-likeness (QED) is 0.298. The molecule has 54 valence electrons. The van der Waals surface area contributed by atoms with Crippen LogP contribution in [0.25, 0.3) is 0 Å². The molecule has 9 heavy (non-hydrogen) atoms. The van der Waals surface area contributed by atoms with Crippen LogP contribution in [0.1, 0.15) is 0 Å². The molecule has 0 unspecified atom stereocenters. The fourth-order valence-electron chi connectivity index (χ4n) is 0.280. The molecule has 0 atom stereocenters. The van der Waals surface area contributed by atoms with Crippen LogP contribution in [0.4, 0.5) is 0 Å². The summed E-state index contributed by atoms with van der Waals surface area (Å²) in [5.74, 6) is 0.481. The summed E-state index contributed by atoms with van der Waals surface area (Å²) in [6.45, 7) is 0. The summed E-state index contributed by atoms with van der Waals surface area (Å²) in [6, 6.07) is -1.88. The number of rotatable bonds is 3. The van der Waals surface area contributed by atoms with Gasteiger partial charge in [-0.1, -0.05) is 12.2 Å². The number of halogens is 4. The standard InChI is InChI=1S/C4H6Cl4Si/c5-3-1-2-4-9(6,7)8/h1-2H,3-4H2/b2-1-. The minimum absolute atomic E-state index is 0.481. The Labute approximate surface area is 74.9 Å². The summed E-state index contributed by atoms with van der Waals surface area (Å²) in [5, 5.41) is 0. The van der Waals surface area contributed by atoms with Crippen LogP contribution in [0.3, 0.4) is 0 Å². The van der Waals surface area contributed by atoms with E-state index in [1.165, 1.54) is 0 Å². The van der Waals surface area contributed by atoms with Crippen molar-refractivity contribution in [1.29, 1.82) is 0 Å². The molecule has 0 bridgehead atoms. The first-order valence-corrected chi connectivity index (χ1v) is 8.11. The first-order chi connectivity index (χ1) is 4.06. The van der Waals surface area contributed by atoms with E-state index < -0.39 is 6.00 Å². The van der Waals surface area contributed by atoms with Gasteiger partial charge >= 0.3 is 6.00 Å². The molecule has 0 aliphatic carbocycles. The van der Waals surface area contributed by atoms with Gasteiger partial charge in [-0.05, 0) is 0 Å². The van der Waals surface area contributed by atoms with Gasteiger partial charge < -0.3 is 0 Å². The van der Waals surface area contributed by atoms with Crippen LogP contribution >= 0.6 is 44.8 Å². The molecule has 0 aliphatic rings. The lowest BCUT2D eigenvalue weighted by molar-refractivity contribution is 1.61. The van der Waals surface area contributed by atoms with Crippen molar-refractivity contribution in [1.82, 2.24) is 0 Å². The molecule has 0 N–H and O–H groups in total. The lowest BCUT2D eigenvalue weighted by Crippen LogP contribution is -2.05. The summed E-state index contributed by atoms with van der Waals surface area (Å²) in [5.41, 5.74) is 0. The predicted octanol–water partition coefficient (Wildman–Crippen LogP) is 3.44. The molecule has 0 saturated carbocycles. The molecule has 0 aliphatic heterocycles. The van der Waals surface area contributed by atoms with Gasteiger partial charge in [0.05, 0.1) is 0 Å². The fourth-order valence-corrected chi connectivity index (χ4v) is 1.64. The Balaban J connectivity index is 3.38. The Bertz CT molecular complexity index is 95.2. The van der Waals surface area contributed by atoms with E-state index in [4.69, 9.17) is 44.8 Å². The second-order valence-electron chi connectivity index (χ2n) is 1.45. The van der Waals surface area contributed by atoms with E-state index in [9.17, 15) is 0 Å². The van der Waals surface area contributed by atoms with Crippen LogP contribution in [0.5, 0.6) is 0 Å². The molecule has 0 radical (unpaired) electrons. The van der Waals surface area contributed by atoms with Crippen LogP contribution in [-0.2, 0) is 0 Å². The molecular weight excluding hydrogens is 218 g/mol. The SMILES string of the molecule is ClC/C=C\C[Si](Cl)(Cl)Cl. The molecule has 0 fully saturated rings. The molecule has 0 heterocycles. The maximum absolute atomic E-state index is 5.54. The van der Waals surface area contributed by atoms with Crippen LogP contribution in [0.15, 0.2) is 12.2 Å². The lowest BCUT2D eigenvalue weighted by Gasteiger charge is -2.00. The van der Waals surface area contributed by atoms with E-state index in [0.717, 1.165) is 0 Å². The molecule has 0 nitrogen and oxygen atoms in total. The van der Waals surface area contributed by atoms with E-state index in [1.807, 2.05) is 0 Å². The summed E-state index contributed by atoms with van der Waals surface area (Å²) in [7, 11) is 0. The summed E-state index contributed by atoms with van der Waals surface area (Å²) in [6.07, 6.45) is 3.57. The zero-order valence-corrected chi connectivity index (χ0v) is 8.60. The topological polar surface area (TPSA) is 0 Å². The first kappa shape index (κ1) is 10.1. The van der Waals surface area contributed by atoms with Crippen molar-refractivity contribution in [2.24, 2.45) is 0 Å². The summed E-state index contributed by atoms with van der Waals surface area (Å²) < 4.78 is 0. The van der Waals surface area contributed by atoms with Crippen molar-refractivity contribution in [3.8, 4) is 0 Å². The van der Waals surface area contributed by atoms with Crippen molar-refractivity contribution in [3.05, 3.63) is 12.2 Å². The van der Waals surface area contributed by atoms with Gasteiger partial charge in [0.15, 0.2) is 0 Å². The lowest BCUT2D eigenvalue weighted by atomic mass is 10.6. The highest BCUT2D eigenvalue weighted by Crippen LogP contribution is 2.24. The zero-order chi connectivity index (χ0) is 7.33. The second kappa shape index (κ2) is 4.86. The smallest absolute Gasteiger partial charge is 0.126 e. The molecular formula is C4H6Cl4Si. The van der Waals surface area contributed by atoms with Crippen LogP contribution in [0, 0.1) is 0 Å².